The highest BCUT2D eigenvalue weighted by Crippen LogP contribution is 2.53. The van der Waals surface area contributed by atoms with E-state index >= 15 is 0 Å². The van der Waals surface area contributed by atoms with Gasteiger partial charge in [0.25, 0.3) is 0 Å². The number of benzene rings is 2. The standard InChI is InChI=1S/C25H29F3N2O2/c1-29(21-9-7-19(8-10-21)18-3-5-20(6-4-18)23(31)32)22-11-15-30(16-12-22)17-24(13-2-14-24)25(26,27)28/h3-10,22H,2,11-17H2,1H3,(H,31,32). The lowest BCUT2D eigenvalue weighted by atomic mass is 9.67. The van der Waals surface area contributed by atoms with Gasteiger partial charge in [-0.2, -0.15) is 13.2 Å². The molecule has 0 atom stereocenters. The number of anilines is 1. The SMILES string of the molecule is CN(c1ccc(-c2ccc(C(=O)O)cc2)cc1)C1CCN(CC2(C(F)(F)F)CCC2)CC1. The van der Waals surface area contributed by atoms with Gasteiger partial charge in [0.1, 0.15) is 0 Å². The minimum absolute atomic E-state index is 0.141. The first kappa shape index (κ1) is 22.6. The summed E-state index contributed by atoms with van der Waals surface area (Å²) in [4.78, 5) is 15.2. The van der Waals surface area contributed by atoms with Crippen LogP contribution in [0, 0.1) is 5.41 Å². The maximum absolute atomic E-state index is 13.5. The first-order chi connectivity index (χ1) is 15.2. The van der Waals surface area contributed by atoms with Gasteiger partial charge in [0.15, 0.2) is 0 Å². The summed E-state index contributed by atoms with van der Waals surface area (Å²) in [6.45, 7) is 1.53. The third-order valence-corrected chi connectivity index (χ3v) is 7.28. The van der Waals surface area contributed by atoms with Crippen LogP contribution in [0.25, 0.3) is 11.1 Å². The van der Waals surface area contributed by atoms with Crippen LogP contribution in [0.4, 0.5) is 18.9 Å². The number of piperidine rings is 1. The summed E-state index contributed by atoms with van der Waals surface area (Å²) in [5.74, 6) is -0.944. The number of carboxylic acids is 1. The fourth-order valence-corrected chi connectivity index (χ4v) is 4.93. The molecule has 2 aliphatic rings. The smallest absolute Gasteiger partial charge is 0.395 e. The summed E-state index contributed by atoms with van der Waals surface area (Å²) in [5, 5.41) is 9.03. The second-order valence-corrected chi connectivity index (χ2v) is 9.18. The van der Waals surface area contributed by atoms with Crippen LogP contribution in [-0.4, -0.2) is 54.9 Å². The van der Waals surface area contributed by atoms with Crippen molar-refractivity contribution >= 4 is 11.7 Å². The van der Waals surface area contributed by atoms with Gasteiger partial charge in [-0.1, -0.05) is 30.7 Å². The molecular weight excluding hydrogens is 417 g/mol. The van der Waals surface area contributed by atoms with Crippen LogP contribution in [0.15, 0.2) is 48.5 Å². The van der Waals surface area contributed by atoms with Gasteiger partial charge in [0.2, 0.25) is 0 Å². The number of aromatic carboxylic acids is 1. The maximum Gasteiger partial charge on any atom is 0.395 e. The number of hydrogen-bond acceptors (Lipinski definition) is 3. The minimum Gasteiger partial charge on any atom is -0.478 e. The zero-order valence-corrected chi connectivity index (χ0v) is 18.2. The van der Waals surface area contributed by atoms with Crippen molar-refractivity contribution in [2.24, 2.45) is 5.41 Å². The summed E-state index contributed by atoms with van der Waals surface area (Å²) in [6, 6.07) is 15.2. The molecule has 172 valence electrons. The summed E-state index contributed by atoms with van der Waals surface area (Å²) in [5.41, 5.74) is 1.80. The largest absolute Gasteiger partial charge is 0.478 e. The molecule has 32 heavy (non-hydrogen) atoms. The van der Waals surface area contributed by atoms with Gasteiger partial charge in [-0.25, -0.2) is 4.79 Å². The van der Waals surface area contributed by atoms with Crippen molar-refractivity contribution in [2.45, 2.75) is 44.3 Å². The maximum atomic E-state index is 13.5. The summed E-state index contributed by atoms with van der Waals surface area (Å²) in [7, 11) is 2.04. The van der Waals surface area contributed by atoms with E-state index in [1.165, 1.54) is 0 Å². The van der Waals surface area contributed by atoms with E-state index in [0.717, 1.165) is 29.7 Å². The van der Waals surface area contributed by atoms with Crippen LogP contribution in [0.5, 0.6) is 0 Å². The number of carbonyl (C=O) groups is 1. The molecule has 0 spiro atoms. The van der Waals surface area contributed by atoms with Crippen molar-refractivity contribution in [3.05, 3.63) is 54.1 Å². The van der Waals surface area contributed by atoms with E-state index in [-0.39, 0.29) is 24.9 Å². The number of likely N-dealkylation sites (tertiary alicyclic amines) is 1. The minimum atomic E-state index is -4.10. The fraction of sp³-hybridized carbons (Fsp3) is 0.480. The van der Waals surface area contributed by atoms with Crippen LogP contribution in [0.3, 0.4) is 0 Å². The molecule has 0 unspecified atom stereocenters. The van der Waals surface area contributed by atoms with E-state index in [4.69, 9.17) is 5.11 Å². The molecule has 1 aliphatic carbocycles. The zero-order valence-electron chi connectivity index (χ0n) is 18.2. The Bertz CT molecular complexity index is 929. The predicted molar refractivity (Wildman–Crippen MR) is 119 cm³/mol. The molecule has 1 saturated heterocycles. The van der Waals surface area contributed by atoms with Gasteiger partial charge >= 0.3 is 12.1 Å². The van der Waals surface area contributed by atoms with E-state index in [2.05, 4.69) is 4.90 Å². The van der Waals surface area contributed by atoms with Crippen molar-refractivity contribution in [1.82, 2.24) is 4.90 Å². The van der Waals surface area contributed by atoms with Gasteiger partial charge in [-0.05, 0) is 61.1 Å². The fourth-order valence-electron chi connectivity index (χ4n) is 4.93. The first-order valence-corrected chi connectivity index (χ1v) is 11.1. The molecule has 7 heteroatoms. The highest BCUT2D eigenvalue weighted by molar-refractivity contribution is 5.88. The summed E-state index contributed by atoms with van der Waals surface area (Å²) >= 11 is 0. The number of nitrogens with zero attached hydrogens (tertiary/aromatic N) is 2. The first-order valence-electron chi connectivity index (χ1n) is 11.1. The Kier molecular flexibility index (Phi) is 6.21. The lowest BCUT2D eigenvalue weighted by molar-refractivity contribution is -0.256. The Morgan fingerprint density at radius 1 is 1.03 bits per heavy atom. The molecule has 2 aromatic carbocycles. The molecule has 2 aromatic rings. The number of carboxylic acid groups (broad SMARTS) is 1. The third-order valence-electron chi connectivity index (χ3n) is 7.28. The number of alkyl halides is 3. The van der Waals surface area contributed by atoms with Gasteiger partial charge in [0, 0.05) is 38.4 Å². The molecule has 0 radical (unpaired) electrons. The van der Waals surface area contributed by atoms with Crippen molar-refractivity contribution in [2.75, 3.05) is 31.6 Å². The molecule has 1 aliphatic heterocycles. The Labute approximate surface area is 186 Å². The Morgan fingerprint density at radius 3 is 2.00 bits per heavy atom. The third kappa shape index (κ3) is 4.49. The van der Waals surface area contributed by atoms with E-state index in [1.54, 1.807) is 24.3 Å². The van der Waals surface area contributed by atoms with Gasteiger partial charge < -0.3 is 14.9 Å². The topological polar surface area (TPSA) is 43.8 Å². The molecule has 0 aromatic heterocycles. The van der Waals surface area contributed by atoms with Crippen LogP contribution in [0.1, 0.15) is 42.5 Å². The molecular formula is C25H29F3N2O2. The van der Waals surface area contributed by atoms with E-state index in [9.17, 15) is 18.0 Å². The van der Waals surface area contributed by atoms with Crippen molar-refractivity contribution in [3.63, 3.8) is 0 Å². The molecule has 1 heterocycles. The van der Waals surface area contributed by atoms with Crippen LogP contribution in [0.2, 0.25) is 0 Å². The highest BCUT2D eigenvalue weighted by atomic mass is 19.4. The van der Waals surface area contributed by atoms with Crippen LogP contribution >= 0.6 is 0 Å². The van der Waals surface area contributed by atoms with Crippen molar-refractivity contribution in [3.8, 4) is 11.1 Å². The summed E-state index contributed by atoms with van der Waals surface area (Å²) in [6.07, 6.45) is -1.19. The molecule has 4 rings (SSSR count). The molecule has 1 N–H and O–H groups in total. The van der Waals surface area contributed by atoms with Gasteiger partial charge in [0.05, 0.1) is 11.0 Å². The summed E-state index contributed by atoms with van der Waals surface area (Å²) < 4.78 is 40.5. The van der Waals surface area contributed by atoms with E-state index < -0.39 is 17.6 Å². The molecule has 1 saturated carbocycles. The Balaban J connectivity index is 1.34. The van der Waals surface area contributed by atoms with E-state index in [0.29, 0.717) is 25.6 Å². The lowest BCUT2D eigenvalue weighted by Gasteiger charge is -2.48. The average molecular weight is 447 g/mol. The van der Waals surface area contributed by atoms with Crippen molar-refractivity contribution < 1.29 is 23.1 Å². The Hall–Kier alpha value is -2.54. The number of rotatable bonds is 6. The van der Waals surface area contributed by atoms with Crippen LogP contribution in [-0.2, 0) is 0 Å². The second kappa shape index (κ2) is 8.77. The Morgan fingerprint density at radius 2 is 1.56 bits per heavy atom. The predicted octanol–water partition coefficient (Wildman–Crippen LogP) is 5.69. The quantitative estimate of drug-likeness (QED) is 0.620. The van der Waals surface area contributed by atoms with Gasteiger partial charge in [-0.15, -0.1) is 0 Å². The number of hydrogen-bond donors (Lipinski definition) is 1. The molecule has 2 fully saturated rings. The molecule has 4 nitrogen and oxygen atoms in total. The zero-order chi connectivity index (χ0) is 22.9. The number of halogens is 3. The van der Waals surface area contributed by atoms with Crippen molar-refractivity contribution in [1.29, 1.82) is 0 Å². The average Bonchev–Trinajstić information content (AvgIpc) is 2.75. The van der Waals surface area contributed by atoms with E-state index in [1.807, 2.05) is 36.2 Å². The normalized spacial score (nSPS) is 19.4. The van der Waals surface area contributed by atoms with Crippen LogP contribution < -0.4 is 4.90 Å². The van der Waals surface area contributed by atoms with Gasteiger partial charge in [-0.3, -0.25) is 0 Å². The monoisotopic (exact) mass is 446 g/mol. The molecule has 0 bridgehead atoms. The molecule has 0 amide bonds. The second-order valence-electron chi connectivity index (χ2n) is 9.18. The highest BCUT2D eigenvalue weighted by Gasteiger charge is 2.58. The lowest BCUT2D eigenvalue weighted by Crippen LogP contribution is -2.54.